The molecule has 4 nitrogen and oxygen atoms in total. The van der Waals surface area contributed by atoms with Crippen molar-refractivity contribution in [2.45, 2.75) is 13.2 Å². The van der Waals surface area contributed by atoms with Gasteiger partial charge in [0, 0.05) is 13.7 Å². The van der Waals surface area contributed by atoms with Crippen LogP contribution in [0.2, 0.25) is 5.02 Å². The van der Waals surface area contributed by atoms with Crippen molar-refractivity contribution in [3.05, 3.63) is 52.5 Å². The smallest absolute Gasteiger partial charge is 0.129 e. The SMILES string of the molecule is COCc1ccccc1CNc1c(Cl)ccc2nsnc12. The average Bonchev–Trinajstić information content (AvgIpc) is 2.96. The lowest BCUT2D eigenvalue weighted by Gasteiger charge is -2.12. The van der Waals surface area contributed by atoms with Gasteiger partial charge in [-0.15, -0.1) is 0 Å². The first kappa shape index (κ1) is 14.3. The van der Waals surface area contributed by atoms with Crippen LogP contribution in [0.5, 0.6) is 0 Å². The van der Waals surface area contributed by atoms with Crippen LogP contribution < -0.4 is 5.32 Å². The molecule has 0 unspecified atom stereocenters. The van der Waals surface area contributed by atoms with Gasteiger partial charge in [-0.1, -0.05) is 35.9 Å². The largest absolute Gasteiger partial charge is 0.380 e. The Labute approximate surface area is 132 Å². The van der Waals surface area contributed by atoms with E-state index in [-0.39, 0.29) is 0 Å². The predicted octanol–water partition coefficient (Wildman–Crippen LogP) is 4.10. The van der Waals surface area contributed by atoms with Crippen LogP contribution >= 0.6 is 23.3 Å². The number of nitrogens with zero attached hydrogens (tertiary/aromatic N) is 2. The molecule has 21 heavy (non-hydrogen) atoms. The third-order valence-corrected chi connectivity index (χ3v) is 4.11. The predicted molar refractivity (Wildman–Crippen MR) is 86.9 cm³/mol. The van der Waals surface area contributed by atoms with E-state index in [0.29, 0.717) is 18.2 Å². The van der Waals surface area contributed by atoms with E-state index in [4.69, 9.17) is 16.3 Å². The van der Waals surface area contributed by atoms with E-state index < -0.39 is 0 Å². The summed E-state index contributed by atoms with van der Waals surface area (Å²) < 4.78 is 13.8. The summed E-state index contributed by atoms with van der Waals surface area (Å²) in [5.74, 6) is 0. The fourth-order valence-corrected chi connectivity index (χ4v) is 2.97. The van der Waals surface area contributed by atoms with Gasteiger partial charge in [-0.25, -0.2) is 0 Å². The van der Waals surface area contributed by atoms with Gasteiger partial charge in [-0.3, -0.25) is 0 Å². The summed E-state index contributed by atoms with van der Waals surface area (Å²) in [5, 5.41) is 4.03. The van der Waals surface area contributed by atoms with Crippen molar-refractivity contribution in [1.29, 1.82) is 0 Å². The van der Waals surface area contributed by atoms with E-state index in [1.807, 2.05) is 24.3 Å². The van der Waals surface area contributed by atoms with Crippen molar-refractivity contribution < 1.29 is 4.74 Å². The number of anilines is 1. The zero-order valence-electron chi connectivity index (χ0n) is 11.5. The fourth-order valence-electron chi connectivity index (χ4n) is 2.20. The van der Waals surface area contributed by atoms with E-state index in [1.165, 1.54) is 17.3 Å². The molecule has 0 aliphatic rings. The summed E-state index contributed by atoms with van der Waals surface area (Å²) in [5.41, 5.74) is 4.84. The molecule has 108 valence electrons. The molecule has 0 radical (unpaired) electrons. The molecule has 3 rings (SSSR count). The van der Waals surface area contributed by atoms with Gasteiger partial charge in [0.1, 0.15) is 11.0 Å². The molecule has 1 heterocycles. The molecular weight excluding hydrogens is 306 g/mol. The number of methoxy groups -OCH3 is 1. The first-order valence-corrected chi connectivity index (χ1v) is 7.61. The third-order valence-electron chi connectivity index (χ3n) is 3.25. The van der Waals surface area contributed by atoms with E-state index >= 15 is 0 Å². The van der Waals surface area contributed by atoms with Crippen LogP contribution in [0.15, 0.2) is 36.4 Å². The normalized spacial score (nSPS) is 11.0. The molecule has 0 spiro atoms. The second-order valence-electron chi connectivity index (χ2n) is 4.61. The van der Waals surface area contributed by atoms with Gasteiger partial charge in [0.05, 0.1) is 29.0 Å². The van der Waals surface area contributed by atoms with E-state index in [0.717, 1.165) is 22.3 Å². The average molecular weight is 320 g/mol. The molecule has 0 saturated heterocycles. The number of aromatic nitrogens is 2. The second kappa shape index (κ2) is 6.39. The summed E-state index contributed by atoms with van der Waals surface area (Å²) in [4.78, 5) is 0. The van der Waals surface area contributed by atoms with Crippen molar-refractivity contribution >= 4 is 40.0 Å². The Kier molecular flexibility index (Phi) is 4.34. The Hall–Kier alpha value is -1.69. The van der Waals surface area contributed by atoms with Crippen LogP contribution in [0, 0.1) is 0 Å². The lowest BCUT2D eigenvalue weighted by Crippen LogP contribution is -2.04. The van der Waals surface area contributed by atoms with E-state index in [1.54, 1.807) is 7.11 Å². The third kappa shape index (κ3) is 3.00. The monoisotopic (exact) mass is 319 g/mol. The van der Waals surface area contributed by atoms with Crippen molar-refractivity contribution in [2.75, 3.05) is 12.4 Å². The minimum atomic E-state index is 0.591. The zero-order valence-corrected chi connectivity index (χ0v) is 13.0. The Bertz CT molecular complexity index is 760. The summed E-state index contributed by atoms with van der Waals surface area (Å²) in [6, 6.07) is 11.9. The number of rotatable bonds is 5. The molecule has 6 heteroatoms. The van der Waals surface area contributed by atoms with Crippen molar-refractivity contribution in [3.8, 4) is 0 Å². The number of halogens is 1. The second-order valence-corrected chi connectivity index (χ2v) is 5.55. The van der Waals surface area contributed by atoms with Crippen molar-refractivity contribution in [1.82, 2.24) is 8.75 Å². The van der Waals surface area contributed by atoms with Gasteiger partial charge in [0.25, 0.3) is 0 Å². The maximum Gasteiger partial charge on any atom is 0.129 e. The highest BCUT2D eigenvalue weighted by atomic mass is 35.5. The minimum absolute atomic E-state index is 0.591. The Balaban J connectivity index is 1.87. The molecule has 1 aromatic heterocycles. The molecule has 3 aromatic rings. The number of hydrogen-bond donors (Lipinski definition) is 1. The first-order valence-electron chi connectivity index (χ1n) is 6.50. The molecule has 0 saturated carbocycles. The van der Waals surface area contributed by atoms with Gasteiger partial charge >= 0.3 is 0 Å². The maximum atomic E-state index is 6.28. The number of ether oxygens (including phenoxy) is 1. The topological polar surface area (TPSA) is 47.0 Å². The zero-order chi connectivity index (χ0) is 14.7. The summed E-state index contributed by atoms with van der Waals surface area (Å²) >= 11 is 7.47. The van der Waals surface area contributed by atoms with Crippen LogP contribution in [-0.2, 0) is 17.9 Å². The number of nitrogens with one attached hydrogen (secondary N) is 1. The highest BCUT2D eigenvalue weighted by Gasteiger charge is 2.10. The number of hydrogen-bond acceptors (Lipinski definition) is 5. The number of fused-ring (bicyclic) bond motifs is 1. The first-order chi connectivity index (χ1) is 10.3. The molecule has 0 amide bonds. The van der Waals surface area contributed by atoms with Gasteiger partial charge in [-0.2, -0.15) is 8.75 Å². The van der Waals surface area contributed by atoms with Crippen molar-refractivity contribution in [3.63, 3.8) is 0 Å². The van der Waals surface area contributed by atoms with Crippen LogP contribution in [0.4, 0.5) is 5.69 Å². The molecule has 0 atom stereocenters. The molecular formula is C15H14ClN3OS. The quantitative estimate of drug-likeness (QED) is 0.769. The molecule has 1 N–H and O–H groups in total. The highest BCUT2D eigenvalue weighted by Crippen LogP contribution is 2.30. The standard InChI is InChI=1S/C15H14ClN3OS/c1-20-9-11-5-3-2-4-10(11)8-17-14-12(16)6-7-13-15(14)19-21-18-13/h2-7,17H,8-9H2,1H3. The van der Waals surface area contributed by atoms with Gasteiger partial charge in [-0.05, 0) is 23.3 Å². The van der Waals surface area contributed by atoms with Crippen molar-refractivity contribution in [2.24, 2.45) is 0 Å². The molecule has 2 aromatic carbocycles. The highest BCUT2D eigenvalue weighted by molar-refractivity contribution is 7.00. The summed E-state index contributed by atoms with van der Waals surface area (Å²) in [7, 11) is 1.70. The fraction of sp³-hybridized carbons (Fsp3) is 0.200. The molecule has 0 bridgehead atoms. The Morgan fingerprint density at radius 2 is 1.95 bits per heavy atom. The van der Waals surface area contributed by atoms with Gasteiger partial charge < -0.3 is 10.1 Å². The molecule has 0 fully saturated rings. The van der Waals surface area contributed by atoms with Crippen LogP contribution in [-0.4, -0.2) is 15.9 Å². The lowest BCUT2D eigenvalue weighted by atomic mass is 10.1. The maximum absolute atomic E-state index is 6.28. The van der Waals surface area contributed by atoms with Crippen LogP contribution in [0.25, 0.3) is 11.0 Å². The Morgan fingerprint density at radius 1 is 1.14 bits per heavy atom. The minimum Gasteiger partial charge on any atom is -0.380 e. The van der Waals surface area contributed by atoms with Gasteiger partial charge in [0.15, 0.2) is 0 Å². The molecule has 0 aliphatic heterocycles. The Morgan fingerprint density at radius 3 is 2.76 bits per heavy atom. The van der Waals surface area contributed by atoms with Gasteiger partial charge in [0.2, 0.25) is 0 Å². The summed E-state index contributed by atoms with van der Waals surface area (Å²) in [6.45, 7) is 1.25. The molecule has 0 aliphatic carbocycles. The van der Waals surface area contributed by atoms with Crippen LogP contribution in [0.1, 0.15) is 11.1 Å². The van der Waals surface area contributed by atoms with E-state index in [2.05, 4.69) is 26.2 Å². The van der Waals surface area contributed by atoms with Crippen LogP contribution in [0.3, 0.4) is 0 Å². The summed E-state index contributed by atoms with van der Waals surface area (Å²) in [6.07, 6.45) is 0. The number of benzene rings is 2. The van der Waals surface area contributed by atoms with E-state index in [9.17, 15) is 0 Å². The lowest BCUT2D eigenvalue weighted by molar-refractivity contribution is 0.184.